The molecule has 0 fully saturated rings. The summed E-state index contributed by atoms with van der Waals surface area (Å²) in [6, 6.07) is 3.44. The summed E-state index contributed by atoms with van der Waals surface area (Å²) in [5.41, 5.74) is 1.21. The zero-order chi connectivity index (χ0) is 15.6. The van der Waals surface area contributed by atoms with Gasteiger partial charge in [-0.05, 0) is 44.9 Å². The fraction of sp³-hybridized carbons (Fsp3) is 0.533. The Morgan fingerprint density at radius 2 is 2.24 bits per heavy atom. The van der Waals surface area contributed by atoms with E-state index < -0.39 is 11.7 Å². The summed E-state index contributed by atoms with van der Waals surface area (Å²) < 4.78 is 11.8. The van der Waals surface area contributed by atoms with Crippen LogP contribution in [0.4, 0.5) is 4.79 Å². The molecule has 0 saturated carbocycles. The lowest BCUT2D eigenvalue weighted by Gasteiger charge is -2.28. The lowest BCUT2D eigenvalue weighted by Crippen LogP contribution is -2.36. The summed E-state index contributed by atoms with van der Waals surface area (Å²) in [5, 5.41) is 12.7. The van der Waals surface area contributed by atoms with Crippen LogP contribution in [0.2, 0.25) is 0 Å². The smallest absolute Gasteiger partial charge is 0.407 e. The van der Waals surface area contributed by atoms with E-state index in [-0.39, 0.29) is 18.4 Å². The molecule has 1 aromatic rings. The highest BCUT2D eigenvalue weighted by molar-refractivity contribution is 9.10. The Morgan fingerprint density at radius 3 is 2.90 bits per heavy atom. The van der Waals surface area contributed by atoms with Crippen molar-refractivity contribution in [3.05, 3.63) is 27.7 Å². The number of fused-ring (bicyclic) bond motifs is 1. The minimum absolute atomic E-state index is 0.184. The molecule has 21 heavy (non-hydrogen) atoms. The molecule has 5 nitrogen and oxygen atoms in total. The molecule has 116 valence electrons. The Morgan fingerprint density at radius 1 is 1.52 bits per heavy atom. The van der Waals surface area contributed by atoms with Gasteiger partial charge in [0.15, 0.2) is 0 Å². The minimum atomic E-state index is -0.541. The van der Waals surface area contributed by atoms with Gasteiger partial charge in [0, 0.05) is 10.0 Å². The normalized spacial score (nSPS) is 18.0. The first-order valence-corrected chi connectivity index (χ1v) is 7.66. The highest BCUT2D eigenvalue weighted by Crippen LogP contribution is 2.37. The molecular formula is C15H20BrNO4. The molecule has 0 aliphatic carbocycles. The van der Waals surface area contributed by atoms with Crippen molar-refractivity contribution >= 4 is 22.0 Å². The topological polar surface area (TPSA) is 67.8 Å². The maximum atomic E-state index is 11.7. The zero-order valence-electron chi connectivity index (χ0n) is 12.4. The molecule has 0 saturated heterocycles. The monoisotopic (exact) mass is 357 g/mol. The lowest BCUT2D eigenvalue weighted by molar-refractivity contribution is 0.0276. The summed E-state index contributed by atoms with van der Waals surface area (Å²) >= 11 is 3.48. The molecule has 1 heterocycles. The van der Waals surface area contributed by atoms with Crippen molar-refractivity contribution in [2.45, 2.75) is 38.9 Å². The van der Waals surface area contributed by atoms with Crippen LogP contribution in [-0.4, -0.2) is 30.0 Å². The van der Waals surface area contributed by atoms with Crippen LogP contribution in [0.3, 0.4) is 0 Å². The third kappa shape index (κ3) is 4.11. The first kappa shape index (κ1) is 16.1. The average Bonchev–Trinajstić information content (AvgIpc) is 2.38. The van der Waals surface area contributed by atoms with Crippen molar-refractivity contribution < 1.29 is 19.4 Å². The Balaban J connectivity index is 2.07. The molecule has 0 bridgehead atoms. The van der Waals surface area contributed by atoms with Crippen molar-refractivity contribution in [3.8, 4) is 5.75 Å². The minimum Gasteiger partial charge on any atom is -0.508 e. The van der Waals surface area contributed by atoms with E-state index in [1.807, 2.05) is 26.8 Å². The third-order valence-electron chi connectivity index (χ3n) is 3.10. The number of benzene rings is 1. The van der Waals surface area contributed by atoms with Crippen LogP contribution in [0.1, 0.15) is 38.0 Å². The number of halogens is 1. The second-order valence-corrected chi connectivity index (χ2v) is 6.81. The Kier molecular flexibility index (Phi) is 4.78. The van der Waals surface area contributed by atoms with Gasteiger partial charge in [0.25, 0.3) is 0 Å². The number of rotatable bonds is 2. The van der Waals surface area contributed by atoms with E-state index in [1.54, 1.807) is 6.07 Å². The SMILES string of the molecule is CC(C)(C)OC(=O)NCC1OCCc2c(Br)ccc(O)c21. The highest BCUT2D eigenvalue weighted by atomic mass is 79.9. The maximum Gasteiger partial charge on any atom is 0.407 e. The average molecular weight is 358 g/mol. The van der Waals surface area contributed by atoms with E-state index in [0.29, 0.717) is 6.61 Å². The van der Waals surface area contributed by atoms with Crippen LogP contribution >= 0.6 is 15.9 Å². The van der Waals surface area contributed by atoms with E-state index >= 15 is 0 Å². The number of phenols is 1. The molecular weight excluding hydrogens is 338 g/mol. The summed E-state index contributed by atoms with van der Waals surface area (Å²) in [6.07, 6.45) is -0.140. The van der Waals surface area contributed by atoms with Crippen molar-refractivity contribution in [3.63, 3.8) is 0 Å². The van der Waals surface area contributed by atoms with Crippen molar-refractivity contribution in [1.29, 1.82) is 0 Å². The van der Waals surface area contributed by atoms with Gasteiger partial charge in [0.1, 0.15) is 17.5 Å². The number of phenolic OH excluding ortho intramolecular Hbond substituents is 1. The molecule has 0 aromatic heterocycles. The van der Waals surface area contributed by atoms with E-state index in [9.17, 15) is 9.90 Å². The number of aromatic hydroxyl groups is 1. The number of carbonyl (C=O) groups excluding carboxylic acids is 1. The molecule has 1 atom stereocenters. The number of nitrogens with one attached hydrogen (secondary N) is 1. The van der Waals surface area contributed by atoms with E-state index in [1.165, 1.54) is 0 Å². The van der Waals surface area contributed by atoms with Gasteiger partial charge < -0.3 is 19.9 Å². The van der Waals surface area contributed by atoms with Gasteiger partial charge in [0.05, 0.1) is 13.2 Å². The van der Waals surface area contributed by atoms with Gasteiger partial charge in [-0.15, -0.1) is 0 Å². The number of ether oxygens (including phenoxy) is 2. The zero-order valence-corrected chi connectivity index (χ0v) is 14.0. The van der Waals surface area contributed by atoms with Crippen molar-refractivity contribution in [1.82, 2.24) is 5.32 Å². The van der Waals surface area contributed by atoms with Crippen molar-refractivity contribution in [2.75, 3.05) is 13.2 Å². The number of carbonyl (C=O) groups is 1. The number of hydrogen-bond acceptors (Lipinski definition) is 4. The largest absolute Gasteiger partial charge is 0.508 e. The Bertz CT molecular complexity index is 539. The number of hydrogen-bond donors (Lipinski definition) is 2. The first-order valence-electron chi connectivity index (χ1n) is 6.86. The van der Waals surface area contributed by atoms with Crippen LogP contribution in [0, 0.1) is 0 Å². The standard InChI is InChI=1S/C15H20BrNO4/c1-15(2,3)21-14(19)17-8-12-13-9(6-7-20-12)10(16)4-5-11(13)18/h4-5,12,18H,6-8H2,1-3H3,(H,17,19). The summed E-state index contributed by atoms with van der Waals surface area (Å²) in [4.78, 5) is 11.7. The molecule has 0 spiro atoms. The first-order chi connectivity index (χ1) is 9.78. The van der Waals surface area contributed by atoms with Gasteiger partial charge in [-0.3, -0.25) is 0 Å². The Labute approximate surface area is 132 Å². The van der Waals surface area contributed by atoms with Gasteiger partial charge in [-0.25, -0.2) is 4.79 Å². The second-order valence-electron chi connectivity index (χ2n) is 5.95. The quantitative estimate of drug-likeness (QED) is 0.851. The van der Waals surface area contributed by atoms with Crippen LogP contribution < -0.4 is 5.32 Å². The van der Waals surface area contributed by atoms with Gasteiger partial charge in [0.2, 0.25) is 0 Å². The molecule has 2 N–H and O–H groups in total. The highest BCUT2D eigenvalue weighted by Gasteiger charge is 2.27. The molecule has 1 unspecified atom stereocenters. The van der Waals surface area contributed by atoms with Crippen LogP contribution in [0.25, 0.3) is 0 Å². The summed E-state index contributed by atoms with van der Waals surface area (Å²) in [7, 11) is 0. The predicted molar refractivity (Wildman–Crippen MR) is 82.4 cm³/mol. The molecule has 1 aliphatic heterocycles. The molecule has 2 rings (SSSR count). The van der Waals surface area contributed by atoms with Crippen LogP contribution in [0.5, 0.6) is 5.75 Å². The van der Waals surface area contributed by atoms with E-state index in [4.69, 9.17) is 9.47 Å². The lowest BCUT2D eigenvalue weighted by atomic mass is 9.96. The third-order valence-corrected chi connectivity index (χ3v) is 3.84. The fourth-order valence-electron chi connectivity index (χ4n) is 2.28. The number of amides is 1. The van der Waals surface area contributed by atoms with E-state index in [0.717, 1.165) is 22.0 Å². The second kappa shape index (κ2) is 6.23. The summed E-state index contributed by atoms with van der Waals surface area (Å²) in [5.74, 6) is 0.184. The summed E-state index contributed by atoms with van der Waals surface area (Å²) in [6.45, 7) is 6.23. The Hall–Kier alpha value is -1.27. The molecule has 6 heteroatoms. The van der Waals surface area contributed by atoms with Gasteiger partial charge in [-0.1, -0.05) is 15.9 Å². The maximum absolute atomic E-state index is 11.7. The van der Waals surface area contributed by atoms with Crippen LogP contribution in [-0.2, 0) is 15.9 Å². The molecule has 1 aromatic carbocycles. The van der Waals surface area contributed by atoms with Gasteiger partial charge >= 0.3 is 6.09 Å². The predicted octanol–water partition coefficient (Wildman–Crippen LogP) is 3.29. The van der Waals surface area contributed by atoms with Crippen molar-refractivity contribution in [2.24, 2.45) is 0 Å². The van der Waals surface area contributed by atoms with E-state index in [2.05, 4.69) is 21.2 Å². The number of alkyl carbamates (subject to hydrolysis) is 1. The fourth-order valence-corrected chi connectivity index (χ4v) is 2.82. The molecule has 0 radical (unpaired) electrons. The molecule has 1 aliphatic rings. The molecule has 1 amide bonds. The van der Waals surface area contributed by atoms with Gasteiger partial charge in [-0.2, -0.15) is 0 Å². The van der Waals surface area contributed by atoms with Crippen LogP contribution in [0.15, 0.2) is 16.6 Å².